The summed E-state index contributed by atoms with van der Waals surface area (Å²) in [6, 6.07) is 5.15. The lowest BCUT2D eigenvalue weighted by Gasteiger charge is -2.34. The molecule has 0 heterocycles. The number of benzene rings is 1. The minimum Gasteiger partial charge on any atom is -0.505 e. The van der Waals surface area contributed by atoms with E-state index in [1.165, 1.54) is 25.3 Å². The second kappa shape index (κ2) is 5.70. The van der Waals surface area contributed by atoms with E-state index >= 15 is 0 Å². The van der Waals surface area contributed by atoms with E-state index in [2.05, 4.69) is 19.2 Å². The third kappa shape index (κ3) is 2.83. The summed E-state index contributed by atoms with van der Waals surface area (Å²) in [4.78, 5) is 0. The topological polar surface area (TPSA) is 32.3 Å². The number of halogens is 1. The maximum absolute atomic E-state index is 13.2. The Morgan fingerprint density at radius 1 is 1.33 bits per heavy atom. The molecule has 2 nitrogen and oxygen atoms in total. The molecule has 0 aliphatic heterocycles. The van der Waals surface area contributed by atoms with Crippen molar-refractivity contribution in [1.82, 2.24) is 5.32 Å². The molecule has 0 radical (unpaired) electrons. The Kier molecular flexibility index (Phi) is 4.23. The predicted octanol–water partition coefficient (Wildman–Crippen LogP) is 3.45. The fourth-order valence-electron chi connectivity index (χ4n) is 2.81. The number of rotatable bonds is 3. The number of aromatic hydroxyl groups is 1. The van der Waals surface area contributed by atoms with Crippen molar-refractivity contribution < 1.29 is 9.50 Å². The van der Waals surface area contributed by atoms with E-state index in [1.54, 1.807) is 12.1 Å². The molecule has 0 aromatic heterocycles. The molecule has 2 rings (SSSR count). The summed E-state index contributed by atoms with van der Waals surface area (Å²) in [5.41, 5.74) is 0.639. The van der Waals surface area contributed by atoms with E-state index in [9.17, 15) is 9.50 Å². The van der Waals surface area contributed by atoms with E-state index in [-0.39, 0.29) is 5.75 Å². The predicted molar refractivity (Wildman–Crippen MR) is 70.9 cm³/mol. The molecular weight excluding hydrogens is 229 g/mol. The standard InChI is InChI=1S/C15H22FNO/c1-10-5-3-8-14(11(10)2)17-9-12-6-4-7-13(16)15(12)18/h4,6-7,10-11,14,17-18H,3,5,8-9H2,1-2H3. The van der Waals surface area contributed by atoms with E-state index in [4.69, 9.17) is 0 Å². The average Bonchev–Trinajstić information content (AvgIpc) is 2.36. The van der Waals surface area contributed by atoms with Gasteiger partial charge in [0.25, 0.3) is 0 Å². The number of nitrogens with one attached hydrogen (secondary N) is 1. The van der Waals surface area contributed by atoms with Crippen LogP contribution >= 0.6 is 0 Å². The first-order chi connectivity index (χ1) is 8.59. The molecule has 3 heteroatoms. The molecule has 0 saturated heterocycles. The zero-order valence-electron chi connectivity index (χ0n) is 11.1. The number of phenols is 1. The first-order valence-corrected chi connectivity index (χ1v) is 6.79. The highest BCUT2D eigenvalue weighted by Gasteiger charge is 2.26. The van der Waals surface area contributed by atoms with Gasteiger partial charge in [-0.2, -0.15) is 0 Å². The minimum atomic E-state index is -0.542. The van der Waals surface area contributed by atoms with Gasteiger partial charge in [-0.1, -0.05) is 38.8 Å². The highest BCUT2D eigenvalue weighted by atomic mass is 19.1. The van der Waals surface area contributed by atoms with Crippen LogP contribution in [0.5, 0.6) is 5.75 Å². The van der Waals surface area contributed by atoms with E-state index in [0.717, 1.165) is 5.92 Å². The lowest BCUT2D eigenvalue weighted by Crippen LogP contribution is -2.40. The van der Waals surface area contributed by atoms with Gasteiger partial charge in [0.05, 0.1) is 0 Å². The van der Waals surface area contributed by atoms with Gasteiger partial charge in [0.1, 0.15) is 0 Å². The third-order valence-electron chi connectivity index (χ3n) is 4.33. The van der Waals surface area contributed by atoms with Crippen molar-refractivity contribution in [3.05, 3.63) is 29.6 Å². The monoisotopic (exact) mass is 251 g/mol. The van der Waals surface area contributed by atoms with Crippen LogP contribution in [0.25, 0.3) is 0 Å². The Hall–Kier alpha value is -1.09. The Balaban J connectivity index is 1.97. The molecule has 2 N–H and O–H groups in total. The van der Waals surface area contributed by atoms with Gasteiger partial charge < -0.3 is 10.4 Å². The van der Waals surface area contributed by atoms with Crippen LogP contribution in [0.3, 0.4) is 0 Å². The number of para-hydroxylation sites is 1. The molecule has 3 atom stereocenters. The summed E-state index contributed by atoms with van der Waals surface area (Å²) < 4.78 is 13.2. The third-order valence-corrected chi connectivity index (χ3v) is 4.33. The molecule has 1 aromatic rings. The molecule has 1 aromatic carbocycles. The van der Waals surface area contributed by atoms with Crippen LogP contribution in [0, 0.1) is 17.7 Å². The molecule has 0 spiro atoms. The first-order valence-electron chi connectivity index (χ1n) is 6.79. The molecule has 3 unspecified atom stereocenters. The van der Waals surface area contributed by atoms with E-state index < -0.39 is 5.82 Å². The van der Waals surface area contributed by atoms with Crippen molar-refractivity contribution >= 4 is 0 Å². The summed E-state index contributed by atoms with van der Waals surface area (Å²) in [5.74, 6) is 0.604. The Morgan fingerprint density at radius 3 is 2.89 bits per heavy atom. The van der Waals surface area contributed by atoms with Gasteiger partial charge in [-0.05, 0) is 24.3 Å². The van der Waals surface area contributed by atoms with Crippen LogP contribution in [0.1, 0.15) is 38.7 Å². The van der Waals surface area contributed by atoms with Crippen LogP contribution in [-0.4, -0.2) is 11.1 Å². The summed E-state index contributed by atoms with van der Waals surface area (Å²) in [6.07, 6.45) is 3.71. The highest BCUT2D eigenvalue weighted by Crippen LogP contribution is 2.30. The van der Waals surface area contributed by atoms with Crippen molar-refractivity contribution in [3.63, 3.8) is 0 Å². The smallest absolute Gasteiger partial charge is 0.165 e. The van der Waals surface area contributed by atoms with Crippen LogP contribution in [0.2, 0.25) is 0 Å². The number of phenolic OH excluding ortho intramolecular Hbond substituents is 1. The molecule has 0 amide bonds. The van der Waals surface area contributed by atoms with Crippen molar-refractivity contribution in [2.24, 2.45) is 11.8 Å². The number of hydrogen-bond donors (Lipinski definition) is 2. The second-order valence-electron chi connectivity index (χ2n) is 5.50. The molecule has 1 aliphatic carbocycles. The molecule has 1 aliphatic rings. The van der Waals surface area contributed by atoms with Crippen molar-refractivity contribution in [2.75, 3.05) is 0 Å². The van der Waals surface area contributed by atoms with Crippen LogP contribution < -0.4 is 5.32 Å². The Morgan fingerprint density at radius 2 is 2.11 bits per heavy atom. The zero-order chi connectivity index (χ0) is 13.1. The van der Waals surface area contributed by atoms with Gasteiger partial charge in [-0.3, -0.25) is 0 Å². The Bertz CT molecular complexity index is 407. The van der Waals surface area contributed by atoms with Gasteiger partial charge in [0.2, 0.25) is 0 Å². The average molecular weight is 251 g/mol. The van der Waals surface area contributed by atoms with Gasteiger partial charge >= 0.3 is 0 Å². The van der Waals surface area contributed by atoms with Gasteiger partial charge in [0.15, 0.2) is 11.6 Å². The van der Waals surface area contributed by atoms with Crippen molar-refractivity contribution in [1.29, 1.82) is 0 Å². The maximum Gasteiger partial charge on any atom is 0.165 e. The van der Waals surface area contributed by atoms with Gasteiger partial charge in [-0.15, -0.1) is 0 Å². The highest BCUT2D eigenvalue weighted by molar-refractivity contribution is 5.33. The summed E-state index contributed by atoms with van der Waals surface area (Å²) in [7, 11) is 0. The van der Waals surface area contributed by atoms with Crippen molar-refractivity contribution in [2.45, 2.75) is 45.7 Å². The Labute approximate surface area is 108 Å². The largest absolute Gasteiger partial charge is 0.505 e. The quantitative estimate of drug-likeness (QED) is 0.862. The summed E-state index contributed by atoms with van der Waals surface area (Å²) in [6.45, 7) is 5.09. The molecule has 18 heavy (non-hydrogen) atoms. The van der Waals surface area contributed by atoms with E-state index in [0.29, 0.717) is 24.1 Å². The van der Waals surface area contributed by atoms with E-state index in [1.807, 2.05) is 0 Å². The van der Waals surface area contributed by atoms with Crippen LogP contribution in [0.15, 0.2) is 18.2 Å². The maximum atomic E-state index is 13.2. The first kappa shape index (κ1) is 13.3. The zero-order valence-corrected chi connectivity index (χ0v) is 11.1. The van der Waals surface area contributed by atoms with Crippen LogP contribution in [-0.2, 0) is 6.54 Å². The molecular formula is C15H22FNO. The SMILES string of the molecule is CC1CCCC(NCc2cccc(F)c2O)C1C. The fraction of sp³-hybridized carbons (Fsp3) is 0.600. The lowest BCUT2D eigenvalue weighted by molar-refractivity contribution is 0.205. The molecule has 1 saturated carbocycles. The lowest BCUT2D eigenvalue weighted by atomic mass is 9.78. The second-order valence-corrected chi connectivity index (χ2v) is 5.50. The molecule has 1 fully saturated rings. The van der Waals surface area contributed by atoms with Crippen molar-refractivity contribution in [3.8, 4) is 5.75 Å². The fourth-order valence-corrected chi connectivity index (χ4v) is 2.81. The van der Waals surface area contributed by atoms with Gasteiger partial charge in [-0.25, -0.2) is 4.39 Å². The summed E-state index contributed by atoms with van der Waals surface area (Å²) >= 11 is 0. The van der Waals surface area contributed by atoms with Gasteiger partial charge in [0, 0.05) is 18.2 Å². The van der Waals surface area contributed by atoms with Crippen LogP contribution in [0.4, 0.5) is 4.39 Å². The summed E-state index contributed by atoms with van der Waals surface area (Å²) in [5, 5.41) is 13.1. The number of hydrogen-bond acceptors (Lipinski definition) is 2. The normalized spacial score (nSPS) is 28.3. The minimum absolute atomic E-state index is 0.221. The molecule has 100 valence electrons. The molecule has 0 bridgehead atoms.